The van der Waals surface area contributed by atoms with Crippen molar-refractivity contribution in [3.8, 4) is 0 Å². The molecule has 1 atom stereocenters. The summed E-state index contributed by atoms with van der Waals surface area (Å²) in [5, 5.41) is 3.17. The average molecular weight is 393 g/mol. The van der Waals surface area contributed by atoms with Crippen LogP contribution in [0.5, 0.6) is 0 Å². The molecule has 1 N–H and O–H groups in total. The van der Waals surface area contributed by atoms with Crippen molar-refractivity contribution < 1.29 is 14.3 Å². The third kappa shape index (κ3) is 4.87. The molecule has 0 aliphatic rings. The molecule has 3 rings (SSSR count). The van der Waals surface area contributed by atoms with E-state index in [-0.39, 0.29) is 12.1 Å². The van der Waals surface area contributed by atoms with Crippen LogP contribution in [0.3, 0.4) is 0 Å². The number of ether oxygens (including phenoxy) is 1. The van der Waals surface area contributed by atoms with Crippen molar-refractivity contribution in [2.75, 3.05) is 0 Å². The summed E-state index contributed by atoms with van der Waals surface area (Å²) in [5.41, 5.74) is 3.24. The summed E-state index contributed by atoms with van der Waals surface area (Å²) in [6.07, 6.45) is 0.348. The Hall–Kier alpha value is -3.48. The molecule has 29 heavy (non-hydrogen) atoms. The first-order valence-corrected chi connectivity index (χ1v) is 9.32. The maximum absolute atomic E-state index is 12.6. The van der Waals surface area contributed by atoms with E-state index < -0.39 is 18.0 Å². The number of hydrogen-bond donors (Lipinski definition) is 1. The van der Waals surface area contributed by atoms with Gasteiger partial charge in [-0.2, -0.15) is 0 Å². The molecule has 150 valence electrons. The monoisotopic (exact) mass is 393 g/mol. The number of benzene rings is 2. The molecule has 0 saturated carbocycles. The number of rotatable bonds is 6. The lowest BCUT2D eigenvalue weighted by molar-refractivity contribution is -0.155. The Morgan fingerprint density at radius 1 is 1.14 bits per heavy atom. The summed E-state index contributed by atoms with van der Waals surface area (Å²) in [4.78, 5) is 41.2. The zero-order valence-corrected chi connectivity index (χ0v) is 16.6. The lowest BCUT2D eigenvalue weighted by Crippen LogP contribution is -2.37. The van der Waals surface area contributed by atoms with Gasteiger partial charge in [-0.15, -0.1) is 0 Å². The number of carbonyl (C=O) groups excluding carboxylic acids is 2. The Morgan fingerprint density at radius 3 is 2.59 bits per heavy atom. The number of amides is 1. The van der Waals surface area contributed by atoms with Crippen LogP contribution in [0.4, 0.5) is 0 Å². The Balaban J connectivity index is 1.59. The van der Waals surface area contributed by atoms with Gasteiger partial charge in [-0.25, -0.2) is 4.98 Å². The molecule has 0 radical (unpaired) electrons. The van der Waals surface area contributed by atoms with Crippen molar-refractivity contribution in [1.82, 2.24) is 14.9 Å². The number of para-hydroxylation sites is 1. The van der Waals surface area contributed by atoms with Crippen LogP contribution < -0.4 is 10.9 Å². The predicted octanol–water partition coefficient (Wildman–Crippen LogP) is 2.26. The lowest BCUT2D eigenvalue weighted by Gasteiger charge is -2.14. The first kappa shape index (κ1) is 20.3. The van der Waals surface area contributed by atoms with E-state index in [0.717, 1.165) is 16.7 Å². The largest absolute Gasteiger partial charge is 0.451 e. The van der Waals surface area contributed by atoms with Crippen molar-refractivity contribution in [1.29, 1.82) is 0 Å². The van der Waals surface area contributed by atoms with Crippen LogP contribution in [-0.4, -0.2) is 27.5 Å². The van der Waals surface area contributed by atoms with Gasteiger partial charge < -0.3 is 10.1 Å². The third-order valence-corrected chi connectivity index (χ3v) is 4.62. The Bertz CT molecular complexity index is 1100. The van der Waals surface area contributed by atoms with Gasteiger partial charge in [0.05, 0.1) is 17.2 Å². The molecule has 7 heteroatoms. The Morgan fingerprint density at radius 2 is 1.86 bits per heavy atom. The van der Waals surface area contributed by atoms with Crippen LogP contribution in [0.25, 0.3) is 10.9 Å². The highest BCUT2D eigenvalue weighted by Crippen LogP contribution is 2.11. The minimum Gasteiger partial charge on any atom is -0.451 e. The minimum atomic E-state index is -0.973. The standard InChI is InChI=1S/C22H23N3O4/c1-14-7-9-17(10-8-14)11-23-21(27)16(3)29-19(26)12-25-13-24-20-15(2)5-4-6-18(20)22(25)28/h4-10,13,16H,11-12H2,1-3H3,(H,23,27). The molecule has 0 fully saturated rings. The van der Waals surface area contributed by atoms with E-state index >= 15 is 0 Å². The molecule has 0 aliphatic heterocycles. The lowest BCUT2D eigenvalue weighted by atomic mass is 10.1. The minimum absolute atomic E-state index is 0.314. The van der Waals surface area contributed by atoms with Gasteiger partial charge in [-0.1, -0.05) is 42.0 Å². The molecule has 1 heterocycles. The van der Waals surface area contributed by atoms with Crippen LogP contribution in [-0.2, 0) is 27.4 Å². The number of hydrogen-bond acceptors (Lipinski definition) is 5. The summed E-state index contributed by atoms with van der Waals surface area (Å²) in [6, 6.07) is 13.1. The number of aryl methyl sites for hydroxylation is 2. The molecular weight excluding hydrogens is 370 g/mol. The van der Waals surface area contributed by atoms with Crippen LogP contribution in [0, 0.1) is 13.8 Å². The maximum atomic E-state index is 12.6. The highest BCUT2D eigenvalue weighted by Gasteiger charge is 2.18. The molecule has 2 aromatic carbocycles. The van der Waals surface area contributed by atoms with E-state index in [1.807, 2.05) is 44.2 Å². The summed E-state index contributed by atoms with van der Waals surface area (Å²) in [7, 11) is 0. The fourth-order valence-electron chi connectivity index (χ4n) is 2.92. The van der Waals surface area contributed by atoms with Crippen LogP contribution >= 0.6 is 0 Å². The third-order valence-electron chi connectivity index (χ3n) is 4.62. The van der Waals surface area contributed by atoms with Crippen molar-refractivity contribution >= 4 is 22.8 Å². The number of nitrogens with one attached hydrogen (secondary N) is 1. The molecule has 1 unspecified atom stereocenters. The first-order chi connectivity index (χ1) is 13.8. The summed E-state index contributed by atoms with van der Waals surface area (Å²) in [5.74, 6) is -1.09. The molecule has 1 aromatic heterocycles. The summed E-state index contributed by atoms with van der Waals surface area (Å²) < 4.78 is 6.36. The van der Waals surface area contributed by atoms with Crippen molar-refractivity contribution in [2.45, 2.75) is 40.0 Å². The molecule has 0 bridgehead atoms. The smallest absolute Gasteiger partial charge is 0.326 e. The van der Waals surface area contributed by atoms with Gasteiger partial charge >= 0.3 is 5.97 Å². The topological polar surface area (TPSA) is 90.3 Å². The summed E-state index contributed by atoms with van der Waals surface area (Å²) in [6.45, 7) is 5.37. The molecule has 1 amide bonds. The van der Waals surface area contributed by atoms with Crippen LogP contribution in [0.1, 0.15) is 23.6 Å². The van der Waals surface area contributed by atoms with Crippen molar-refractivity contribution in [3.63, 3.8) is 0 Å². The number of nitrogens with zero attached hydrogens (tertiary/aromatic N) is 2. The SMILES string of the molecule is Cc1ccc(CNC(=O)C(C)OC(=O)Cn2cnc3c(C)cccc3c2=O)cc1. The highest BCUT2D eigenvalue weighted by molar-refractivity contribution is 5.83. The van der Waals surface area contributed by atoms with Gasteiger partial charge in [-0.3, -0.25) is 19.0 Å². The van der Waals surface area contributed by atoms with Gasteiger partial charge in [0.2, 0.25) is 0 Å². The van der Waals surface area contributed by atoms with E-state index in [1.54, 1.807) is 12.1 Å². The van der Waals surface area contributed by atoms with Crippen molar-refractivity contribution in [3.05, 3.63) is 75.8 Å². The van der Waals surface area contributed by atoms with E-state index in [4.69, 9.17) is 4.74 Å². The normalized spacial score (nSPS) is 11.8. The molecule has 7 nitrogen and oxygen atoms in total. The quantitative estimate of drug-likeness (QED) is 0.649. The zero-order valence-electron chi connectivity index (χ0n) is 16.6. The second-order valence-corrected chi connectivity index (χ2v) is 6.98. The van der Waals surface area contributed by atoms with E-state index in [2.05, 4.69) is 10.3 Å². The molecular formula is C22H23N3O4. The number of aromatic nitrogens is 2. The second kappa shape index (κ2) is 8.68. The van der Waals surface area contributed by atoms with Gasteiger partial charge in [0.15, 0.2) is 6.10 Å². The van der Waals surface area contributed by atoms with Gasteiger partial charge in [-0.05, 0) is 38.0 Å². The zero-order chi connectivity index (χ0) is 21.0. The van der Waals surface area contributed by atoms with Gasteiger partial charge in [0.1, 0.15) is 6.54 Å². The first-order valence-electron chi connectivity index (χ1n) is 9.32. The Kier molecular flexibility index (Phi) is 6.07. The van der Waals surface area contributed by atoms with E-state index in [1.165, 1.54) is 17.8 Å². The molecule has 0 saturated heterocycles. The van der Waals surface area contributed by atoms with Gasteiger partial charge in [0, 0.05) is 6.54 Å². The molecule has 3 aromatic rings. The van der Waals surface area contributed by atoms with Gasteiger partial charge in [0.25, 0.3) is 11.5 Å². The fourth-order valence-corrected chi connectivity index (χ4v) is 2.92. The average Bonchev–Trinajstić information content (AvgIpc) is 2.70. The number of carbonyl (C=O) groups is 2. The number of esters is 1. The summed E-state index contributed by atoms with van der Waals surface area (Å²) >= 11 is 0. The second-order valence-electron chi connectivity index (χ2n) is 6.98. The highest BCUT2D eigenvalue weighted by atomic mass is 16.5. The molecule has 0 aliphatic carbocycles. The fraction of sp³-hybridized carbons (Fsp3) is 0.273. The van der Waals surface area contributed by atoms with E-state index in [9.17, 15) is 14.4 Å². The molecule has 0 spiro atoms. The van der Waals surface area contributed by atoms with E-state index in [0.29, 0.717) is 17.4 Å². The Labute approximate surface area is 168 Å². The maximum Gasteiger partial charge on any atom is 0.326 e. The van der Waals surface area contributed by atoms with Crippen molar-refractivity contribution in [2.24, 2.45) is 0 Å². The number of fused-ring (bicyclic) bond motifs is 1. The van der Waals surface area contributed by atoms with Crippen LogP contribution in [0.15, 0.2) is 53.6 Å². The van der Waals surface area contributed by atoms with Crippen LogP contribution in [0.2, 0.25) is 0 Å². The predicted molar refractivity (Wildman–Crippen MR) is 109 cm³/mol.